The average molecular weight is 290 g/mol. The van der Waals surface area contributed by atoms with Crippen molar-refractivity contribution in [1.82, 2.24) is 15.0 Å². The topological polar surface area (TPSA) is 63.7 Å². The van der Waals surface area contributed by atoms with Gasteiger partial charge in [-0.3, -0.25) is 0 Å². The molecule has 0 aliphatic heterocycles. The molecule has 0 amide bonds. The van der Waals surface area contributed by atoms with Gasteiger partial charge in [0, 0.05) is 0 Å². The molecule has 1 heterocycles. The number of ether oxygens (including phenoxy) is 1. The van der Waals surface area contributed by atoms with E-state index in [-0.39, 0.29) is 0 Å². The lowest BCUT2D eigenvalue weighted by atomic mass is 10.2. The van der Waals surface area contributed by atoms with Gasteiger partial charge < -0.3 is 4.74 Å². The molecule has 0 N–H and O–H groups in total. The summed E-state index contributed by atoms with van der Waals surface area (Å²) >= 11 is 0. The summed E-state index contributed by atoms with van der Waals surface area (Å²) in [5.74, 6) is 1.53. The van der Waals surface area contributed by atoms with Crippen LogP contribution in [0.2, 0.25) is 0 Å². The Balaban J connectivity index is 1.86. The Morgan fingerprint density at radius 2 is 1.73 bits per heavy atom. The van der Waals surface area contributed by atoms with E-state index in [0.29, 0.717) is 12.1 Å². The third-order valence-electron chi connectivity index (χ3n) is 3.26. The van der Waals surface area contributed by atoms with Crippen LogP contribution in [0.25, 0.3) is 5.69 Å². The van der Waals surface area contributed by atoms with Gasteiger partial charge in [-0.25, -0.2) is 4.68 Å². The molecule has 0 aliphatic carbocycles. The van der Waals surface area contributed by atoms with Gasteiger partial charge in [0.15, 0.2) is 5.69 Å². The van der Waals surface area contributed by atoms with Crippen LogP contribution in [0.15, 0.2) is 54.6 Å². The van der Waals surface area contributed by atoms with Gasteiger partial charge >= 0.3 is 0 Å². The second-order valence-corrected chi connectivity index (χ2v) is 4.67. The third-order valence-corrected chi connectivity index (χ3v) is 3.26. The summed E-state index contributed by atoms with van der Waals surface area (Å²) in [5, 5.41) is 17.0. The Morgan fingerprint density at radius 1 is 1.05 bits per heavy atom. The predicted molar refractivity (Wildman–Crippen MR) is 82.0 cm³/mol. The number of rotatable bonds is 4. The largest absolute Gasteiger partial charge is 0.457 e. The fraction of sp³-hybridized carbons (Fsp3) is 0.118. The van der Waals surface area contributed by atoms with Crippen LogP contribution in [0.3, 0.4) is 0 Å². The monoisotopic (exact) mass is 290 g/mol. The first kappa shape index (κ1) is 13.8. The number of benzene rings is 2. The first-order valence-electron chi connectivity index (χ1n) is 7.00. The molecule has 3 aromatic rings. The molecule has 0 fully saturated rings. The summed E-state index contributed by atoms with van der Waals surface area (Å²) in [6.45, 7) is 1.98. The molecule has 2 aromatic carbocycles. The minimum atomic E-state index is 0.368. The van der Waals surface area contributed by atoms with Gasteiger partial charge in [-0.1, -0.05) is 30.3 Å². The van der Waals surface area contributed by atoms with Crippen molar-refractivity contribution in [2.75, 3.05) is 0 Å². The molecular weight excluding hydrogens is 276 g/mol. The SMILES string of the molecule is CCc1c(C#N)nnn1-c1ccc(Oc2ccccc2)cc1. The minimum Gasteiger partial charge on any atom is -0.457 e. The van der Waals surface area contributed by atoms with Crippen molar-refractivity contribution in [3.63, 3.8) is 0 Å². The second-order valence-electron chi connectivity index (χ2n) is 4.67. The molecular formula is C17H14N4O. The van der Waals surface area contributed by atoms with Crippen molar-refractivity contribution >= 4 is 0 Å². The summed E-state index contributed by atoms with van der Waals surface area (Å²) in [7, 11) is 0. The van der Waals surface area contributed by atoms with Crippen LogP contribution < -0.4 is 4.74 Å². The number of nitriles is 1. The number of para-hydroxylation sites is 1. The Labute approximate surface area is 128 Å². The maximum atomic E-state index is 9.03. The summed E-state index contributed by atoms with van der Waals surface area (Å²) in [5.41, 5.74) is 2.03. The van der Waals surface area contributed by atoms with E-state index >= 15 is 0 Å². The molecule has 0 saturated heterocycles. The lowest BCUT2D eigenvalue weighted by Gasteiger charge is -2.08. The van der Waals surface area contributed by atoms with Crippen LogP contribution in [0.4, 0.5) is 0 Å². The van der Waals surface area contributed by atoms with Crippen molar-refractivity contribution < 1.29 is 4.74 Å². The van der Waals surface area contributed by atoms with E-state index in [2.05, 4.69) is 16.4 Å². The Morgan fingerprint density at radius 3 is 2.36 bits per heavy atom. The number of hydrogen-bond donors (Lipinski definition) is 0. The molecule has 0 spiro atoms. The van der Waals surface area contributed by atoms with Gasteiger partial charge in [-0.2, -0.15) is 5.26 Å². The maximum absolute atomic E-state index is 9.03. The van der Waals surface area contributed by atoms with Crippen LogP contribution in [-0.4, -0.2) is 15.0 Å². The number of nitrogens with zero attached hydrogens (tertiary/aromatic N) is 4. The fourth-order valence-electron chi connectivity index (χ4n) is 2.19. The lowest BCUT2D eigenvalue weighted by Crippen LogP contribution is -2.02. The zero-order valence-electron chi connectivity index (χ0n) is 12.1. The highest BCUT2D eigenvalue weighted by molar-refractivity contribution is 5.41. The molecule has 0 aliphatic rings. The van der Waals surface area contributed by atoms with Crippen LogP contribution >= 0.6 is 0 Å². The quantitative estimate of drug-likeness (QED) is 0.737. The van der Waals surface area contributed by atoms with Gasteiger partial charge in [-0.15, -0.1) is 5.10 Å². The van der Waals surface area contributed by atoms with Gasteiger partial charge in [0.25, 0.3) is 0 Å². The van der Waals surface area contributed by atoms with E-state index in [4.69, 9.17) is 10.00 Å². The van der Waals surface area contributed by atoms with Crippen LogP contribution in [0, 0.1) is 11.3 Å². The summed E-state index contributed by atoms with van der Waals surface area (Å²) in [4.78, 5) is 0. The van der Waals surface area contributed by atoms with Crippen LogP contribution in [-0.2, 0) is 6.42 Å². The van der Waals surface area contributed by atoms with Crippen molar-refractivity contribution in [2.24, 2.45) is 0 Å². The first-order valence-corrected chi connectivity index (χ1v) is 7.00. The maximum Gasteiger partial charge on any atom is 0.186 e. The van der Waals surface area contributed by atoms with E-state index in [9.17, 15) is 0 Å². The van der Waals surface area contributed by atoms with Crippen LogP contribution in [0.5, 0.6) is 11.5 Å². The summed E-state index contributed by atoms with van der Waals surface area (Å²) in [6.07, 6.45) is 0.693. The highest BCUT2D eigenvalue weighted by Gasteiger charge is 2.12. The van der Waals surface area contributed by atoms with E-state index in [0.717, 1.165) is 22.9 Å². The van der Waals surface area contributed by atoms with E-state index in [1.165, 1.54) is 0 Å². The molecule has 5 heteroatoms. The highest BCUT2D eigenvalue weighted by atomic mass is 16.5. The molecule has 0 atom stereocenters. The molecule has 0 radical (unpaired) electrons. The minimum absolute atomic E-state index is 0.368. The first-order chi connectivity index (χ1) is 10.8. The number of hydrogen-bond acceptors (Lipinski definition) is 4. The zero-order chi connectivity index (χ0) is 15.4. The predicted octanol–water partition coefficient (Wildman–Crippen LogP) is 3.49. The Kier molecular flexibility index (Phi) is 3.84. The van der Waals surface area contributed by atoms with E-state index in [1.807, 2.05) is 61.5 Å². The van der Waals surface area contributed by atoms with Crippen molar-refractivity contribution in [1.29, 1.82) is 5.26 Å². The molecule has 3 rings (SSSR count). The molecule has 0 saturated carbocycles. The number of aromatic nitrogens is 3. The molecule has 22 heavy (non-hydrogen) atoms. The Bertz CT molecular complexity index is 801. The highest BCUT2D eigenvalue weighted by Crippen LogP contribution is 2.22. The molecule has 0 bridgehead atoms. The summed E-state index contributed by atoms with van der Waals surface area (Å²) in [6, 6.07) is 19.2. The smallest absolute Gasteiger partial charge is 0.186 e. The third kappa shape index (κ3) is 2.67. The second kappa shape index (κ2) is 6.10. The molecule has 0 unspecified atom stereocenters. The van der Waals surface area contributed by atoms with E-state index in [1.54, 1.807) is 4.68 Å². The zero-order valence-corrected chi connectivity index (χ0v) is 12.1. The molecule has 5 nitrogen and oxygen atoms in total. The Hall–Kier alpha value is -3.13. The lowest BCUT2D eigenvalue weighted by molar-refractivity contribution is 0.482. The van der Waals surface area contributed by atoms with Crippen molar-refractivity contribution in [3.8, 4) is 23.3 Å². The summed E-state index contributed by atoms with van der Waals surface area (Å²) < 4.78 is 7.44. The van der Waals surface area contributed by atoms with Gasteiger partial charge in [0.1, 0.15) is 17.6 Å². The normalized spacial score (nSPS) is 10.2. The van der Waals surface area contributed by atoms with Crippen molar-refractivity contribution in [2.45, 2.75) is 13.3 Å². The van der Waals surface area contributed by atoms with Gasteiger partial charge in [0.05, 0.1) is 11.4 Å². The van der Waals surface area contributed by atoms with Gasteiger partial charge in [0.2, 0.25) is 0 Å². The molecule has 1 aromatic heterocycles. The fourth-order valence-corrected chi connectivity index (χ4v) is 2.19. The average Bonchev–Trinajstić information content (AvgIpc) is 2.99. The van der Waals surface area contributed by atoms with Crippen molar-refractivity contribution in [3.05, 3.63) is 66.0 Å². The van der Waals surface area contributed by atoms with Gasteiger partial charge in [-0.05, 0) is 42.8 Å². The van der Waals surface area contributed by atoms with E-state index < -0.39 is 0 Å². The standard InChI is InChI=1S/C17H14N4O/c1-2-17-16(12-18)19-20-21(17)13-8-10-15(11-9-13)22-14-6-4-3-5-7-14/h3-11H,2H2,1H3. The van der Waals surface area contributed by atoms with Crippen LogP contribution in [0.1, 0.15) is 18.3 Å². The molecule has 108 valence electrons.